The fourth-order valence-corrected chi connectivity index (χ4v) is 3.37. The van der Waals surface area contributed by atoms with Gasteiger partial charge < -0.3 is 10.1 Å². The van der Waals surface area contributed by atoms with Crippen LogP contribution in [0.15, 0.2) is 29.1 Å². The highest BCUT2D eigenvalue weighted by Gasteiger charge is 2.16. The number of thiazole rings is 1. The number of hydrogen-bond donors (Lipinski definition) is 1. The van der Waals surface area contributed by atoms with Crippen LogP contribution in [0.1, 0.15) is 13.8 Å². The minimum Gasteiger partial charge on any atom is -0.462 e. The normalized spacial score (nSPS) is 12.5. The van der Waals surface area contributed by atoms with Gasteiger partial charge in [0.25, 0.3) is 5.56 Å². The van der Waals surface area contributed by atoms with Crippen molar-refractivity contribution >= 4 is 46.4 Å². The first kappa shape index (κ1) is 18.8. The molecule has 1 aromatic carbocycles. The summed E-state index contributed by atoms with van der Waals surface area (Å²) in [6.45, 7) is 3.90. The van der Waals surface area contributed by atoms with Crippen LogP contribution in [0.2, 0.25) is 5.02 Å². The van der Waals surface area contributed by atoms with Gasteiger partial charge >= 0.3 is 5.97 Å². The number of hydrogen-bond acceptors (Lipinski definition) is 6. The van der Waals surface area contributed by atoms with Gasteiger partial charge in [0.1, 0.15) is 15.3 Å². The van der Waals surface area contributed by atoms with Gasteiger partial charge in [-0.2, -0.15) is 5.26 Å². The zero-order chi connectivity index (χ0) is 18.4. The van der Waals surface area contributed by atoms with Crippen LogP contribution < -0.4 is 20.1 Å². The molecule has 0 saturated carbocycles. The molecule has 0 bridgehead atoms. The van der Waals surface area contributed by atoms with Crippen LogP contribution in [-0.2, 0) is 16.1 Å². The third-order valence-corrected chi connectivity index (χ3v) is 4.72. The molecule has 130 valence electrons. The van der Waals surface area contributed by atoms with E-state index in [0.717, 1.165) is 11.3 Å². The van der Waals surface area contributed by atoms with Gasteiger partial charge in [0.2, 0.25) is 0 Å². The third kappa shape index (κ3) is 4.10. The number of nitrogens with zero attached hydrogens (tertiary/aromatic N) is 2. The number of aromatic nitrogens is 1. The van der Waals surface area contributed by atoms with Crippen LogP contribution in [0.3, 0.4) is 0 Å². The van der Waals surface area contributed by atoms with Crippen molar-refractivity contribution in [2.75, 3.05) is 11.9 Å². The van der Waals surface area contributed by atoms with Gasteiger partial charge in [0, 0.05) is 12.7 Å². The molecule has 0 saturated heterocycles. The minimum atomic E-state index is -0.737. The van der Waals surface area contributed by atoms with Gasteiger partial charge in [-0.05, 0) is 26.0 Å². The number of carbonyl (C=O) groups is 1. The first-order valence-corrected chi connectivity index (χ1v) is 8.75. The number of nitrogens with one attached hydrogen (secondary N) is 1. The second-order valence-electron chi connectivity index (χ2n) is 4.80. The molecule has 0 aliphatic heterocycles. The van der Waals surface area contributed by atoms with E-state index in [1.54, 1.807) is 32.0 Å². The summed E-state index contributed by atoms with van der Waals surface area (Å²) < 4.78 is 6.90. The Kier molecular flexibility index (Phi) is 6.39. The van der Waals surface area contributed by atoms with E-state index in [2.05, 4.69) is 5.32 Å². The fourth-order valence-electron chi connectivity index (χ4n) is 2.10. The smallest absolute Gasteiger partial charge is 0.351 e. The Hall–Kier alpha value is -2.56. The summed E-state index contributed by atoms with van der Waals surface area (Å²) in [6, 6.07) is 8.95. The van der Waals surface area contributed by atoms with Crippen molar-refractivity contribution in [2.24, 2.45) is 0 Å². The Labute approximate surface area is 153 Å². The standard InChI is InChI=1S/C17H16ClN3O3S/c1-3-21-15(22)14(10-20-13-8-6-5-7-12(13)18)25-16(21)11(9-19)17(23)24-4-2/h5-8,10,20H,3-4H2,1-2H3/b14-10+,16-11+. The van der Waals surface area contributed by atoms with Crippen molar-refractivity contribution in [1.29, 1.82) is 5.26 Å². The van der Waals surface area contributed by atoms with Gasteiger partial charge in [-0.1, -0.05) is 23.7 Å². The molecule has 1 aromatic heterocycles. The number of ether oxygens (including phenoxy) is 1. The lowest BCUT2D eigenvalue weighted by Gasteiger charge is -2.01. The van der Waals surface area contributed by atoms with Crippen molar-refractivity contribution in [3.05, 3.63) is 48.8 Å². The summed E-state index contributed by atoms with van der Waals surface area (Å²) >= 11 is 7.12. The largest absolute Gasteiger partial charge is 0.462 e. The molecule has 2 rings (SSSR count). The number of esters is 1. The van der Waals surface area contributed by atoms with Crippen molar-refractivity contribution in [3.8, 4) is 6.07 Å². The summed E-state index contributed by atoms with van der Waals surface area (Å²) in [4.78, 5) is 24.5. The molecule has 0 unspecified atom stereocenters. The highest BCUT2D eigenvalue weighted by Crippen LogP contribution is 2.20. The van der Waals surface area contributed by atoms with Crippen molar-refractivity contribution in [2.45, 2.75) is 20.4 Å². The van der Waals surface area contributed by atoms with E-state index in [0.29, 0.717) is 21.8 Å². The first-order valence-electron chi connectivity index (χ1n) is 7.55. The Morgan fingerprint density at radius 1 is 1.44 bits per heavy atom. The van der Waals surface area contributed by atoms with Gasteiger partial charge in [0.05, 0.1) is 17.3 Å². The summed E-state index contributed by atoms with van der Waals surface area (Å²) in [7, 11) is 0. The molecule has 0 radical (unpaired) electrons. The molecule has 2 aromatic rings. The lowest BCUT2D eigenvalue weighted by molar-refractivity contribution is -0.136. The molecule has 0 atom stereocenters. The molecule has 0 aliphatic rings. The molecule has 6 nitrogen and oxygen atoms in total. The van der Waals surface area contributed by atoms with E-state index in [1.165, 1.54) is 10.8 Å². The molecule has 0 fully saturated rings. The number of halogens is 1. The summed E-state index contributed by atoms with van der Waals surface area (Å²) in [5.74, 6) is -0.737. The Morgan fingerprint density at radius 3 is 2.76 bits per heavy atom. The zero-order valence-electron chi connectivity index (χ0n) is 13.7. The molecule has 8 heteroatoms. The minimum absolute atomic E-state index is 0.152. The fraction of sp³-hybridized carbons (Fsp3) is 0.235. The maximum atomic E-state index is 12.5. The van der Waals surface area contributed by atoms with Crippen molar-refractivity contribution in [1.82, 2.24) is 4.57 Å². The van der Waals surface area contributed by atoms with Crippen LogP contribution in [0.25, 0.3) is 11.8 Å². The van der Waals surface area contributed by atoms with Crippen LogP contribution in [0.5, 0.6) is 0 Å². The number of anilines is 1. The average Bonchev–Trinajstić information content (AvgIpc) is 2.91. The third-order valence-electron chi connectivity index (χ3n) is 3.26. The number of benzene rings is 1. The van der Waals surface area contributed by atoms with Gasteiger partial charge in [-0.3, -0.25) is 9.36 Å². The molecule has 25 heavy (non-hydrogen) atoms. The molecule has 0 aliphatic carbocycles. The van der Waals surface area contributed by atoms with Gasteiger partial charge in [0.15, 0.2) is 5.57 Å². The Balaban J connectivity index is 2.60. The number of carbonyl (C=O) groups excluding carboxylic acids is 1. The molecule has 1 heterocycles. The van der Waals surface area contributed by atoms with E-state index >= 15 is 0 Å². The van der Waals surface area contributed by atoms with E-state index in [4.69, 9.17) is 16.3 Å². The molecular formula is C17H16ClN3O3S. The maximum Gasteiger partial charge on any atom is 0.351 e. The molecule has 1 N–H and O–H groups in total. The summed E-state index contributed by atoms with van der Waals surface area (Å²) in [5, 5.41) is 12.8. The lowest BCUT2D eigenvalue weighted by atomic mass is 10.3. The second kappa shape index (κ2) is 8.51. The average molecular weight is 378 g/mol. The van der Waals surface area contributed by atoms with E-state index in [-0.39, 0.29) is 22.4 Å². The van der Waals surface area contributed by atoms with Crippen molar-refractivity contribution in [3.63, 3.8) is 0 Å². The van der Waals surface area contributed by atoms with Gasteiger partial charge in [-0.15, -0.1) is 11.3 Å². The van der Waals surface area contributed by atoms with Crippen LogP contribution in [0, 0.1) is 11.3 Å². The lowest BCUT2D eigenvalue weighted by Crippen LogP contribution is -2.32. The first-order chi connectivity index (χ1) is 12.0. The van der Waals surface area contributed by atoms with Crippen LogP contribution >= 0.6 is 22.9 Å². The molecular weight excluding hydrogens is 362 g/mol. The Bertz CT molecular complexity index is 1000. The zero-order valence-corrected chi connectivity index (χ0v) is 15.3. The van der Waals surface area contributed by atoms with Gasteiger partial charge in [-0.25, -0.2) is 4.79 Å². The number of rotatable bonds is 5. The van der Waals surface area contributed by atoms with E-state index in [9.17, 15) is 14.9 Å². The summed E-state index contributed by atoms with van der Waals surface area (Å²) in [5.41, 5.74) is 0.179. The number of nitriles is 1. The van der Waals surface area contributed by atoms with E-state index < -0.39 is 5.97 Å². The highest BCUT2D eigenvalue weighted by atomic mass is 35.5. The molecule has 0 amide bonds. The molecule has 0 spiro atoms. The number of para-hydroxylation sites is 1. The Morgan fingerprint density at radius 2 is 2.16 bits per heavy atom. The quantitative estimate of drug-likeness (QED) is 0.801. The van der Waals surface area contributed by atoms with Crippen LogP contribution in [-0.4, -0.2) is 17.1 Å². The predicted octanol–water partition coefficient (Wildman–Crippen LogP) is 1.67. The monoisotopic (exact) mass is 377 g/mol. The van der Waals surface area contributed by atoms with Crippen LogP contribution in [0.4, 0.5) is 5.69 Å². The van der Waals surface area contributed by atoms with E-state index in [1.807, 2.05) is 12.1 Å². The maximum absolute atomic E-state index is 12.5. The second-order valence-corrected chi connectivity index (χ2v) is 6.23. The summed E-state index contributed by atoms with van der Waals surface area (Å²) in [6.07, 6.45) is 1.52. The SMILES string of the molecule is CCOC(=O)/C(C#N)=c1/s/c(=C/Nc2ccccc2Cl)c(=O)n1CC. The highest BCUT2D eigenvalue weighted by molar-refractivity contribution is 7.07. The predicted molar refractivity (Wildman–Crippen MR) is 98.7 cm³/mol. The topological polar surface area (TPSA) is 84.1 Å². The van der Waals surface area contributed by atoms with Crippen molar-refractivity contribution < 1.29 is 9.53 Å².